The van der Waals surface area contributed by atoms with Crippen molar-refractivity contribution in [1.82, 2.24) is 5.32 Å². The van der Waals surface area contributed by atoms with Crippen LogP contribution in [-0.2, 0) is 22.5 Å². The Morgan fingerprint density at radius 2 is 1.79 bits per heavy atom. The summed E-state index contributed by atoms with van der Waals surface area (Å²) in [4.78, 5) is 11.2. The van der Waals surface area contributed by atoms with Crippen molar-refractivity contribution < 1.29 is 19.0 Å². The van der Waals surface area contributed by atoms with Crippen LogP contribution in [0.5, 0.6) is 11.5 Å². The van der Waals surface area contributed by atoms with Crippen molar-refractivity contribution in [2.75, 3.05) is 13.7 Å². The molecule has 0 aromatic heterocycles. The third-order valence-electron chi connectivity index (χ3n) is 3.84. The summed E-state index contributed by atoms with van der Waals surface area (Å²) in [7, 11) is 1.41. The average Bonchev–Trinajstić information content (AvgIpc) is 3.03. The Morgan fingerprint density at radius 3 is 2.50 bits per heavy atom. The van der Waals surface area contributed by atoms with Crippen LogP contribution < -0.4 is 14.8 Å². The average molecular weight is 327 g/mol. The first-order valence-corrected chi connectivity index (χ1v) is 8.02. The number of methoxy groups -OCH3 is 1. The smallest absolute Gasteiger partial charge is 0.305 e. The molecule has 0 unspecified atom stereocenters. The molecule has 0 bridgehead atoms. The summed E-state index contributed by atoms with van der Waals surface area (Å²) in [5.74, 6) is 1.39. The third kappa shape index (κ3) is 4.26. The van der Waals surface area contributed by atoms with Crippen molar-refractivity contribution in [3.05, 3.63) is 59.7 Å². The lowest BCUT2D eigenvalue weighted by Crippen LogP contribution is -2.32. The molecule has 0 aliphatic carbocycles. The molecule has 0 atom stereocenters. The largest absolute Gasteiger partial charge is 0.469 e. The predicted octanol–water partition coefficient (Wildman–Crippen LogP) is 2.68. The number of rotatable bonds is 7. The summed E-state index contributed by atoms with van der Waals surface area (Å²) in [6.45, 7) is 1.31. The van der Waals surface area contributed by atoms with Crippen LogP contribution >= 0.6 is 0 Å². The molecule has 0 radical (unpaired) electrons. The highest BCUT2D eigenvalue weighted by Crippen LogP contribution is 2.33. The molecular formula is C19H21NO4. The second-order valence-corrected chi connectivity index (χ2v) is 5.64. The number of nitrogens with one attached hydrogen (secondary N) is 1. The van der Waals surface area contributed by atoms with Gasteiger partial charge in [0.25, 0.3) is 6.29 Å². The van der Waals surface area contributed by atoms with E-state index in [1.165, 1.54) is 7.11 Å². The Bertz CT molecular complexity index is 676. The lowest BCUT2D eigenvalue weighted by molar-refractivity contribution is -0.140. The number of carbonyl (C=O) groups excluding carboxylic acids is 1. The van der Waals surface area contributed by atoms with Crippen LogP contribution in [0.2, 0.25) is 0 Å². The van der Waals surface area contributed by atoms with Crippen molar-refractivity contribution in [3.63, 3.8) is 0 Å². The van der Waals surface area contributed by atoms with Crippen LogP contribution in [-0.4, -0.2) is 25.9 Å². The minimum atomic E-state index is -0.301. The van der Waals surface area contributed by atoms with Gasteiger partial charge < -0.3 is 19.5 Å². The van der Waals surface area contributed by atoms with Crippen LogP contribution in [0.3, 0.4) is 0 Å². The van der Waals surface area contributed by atoms with Gasteiger partial charge in [0, 0.05) is 13.0 Å². The zero-order chi connectivity index (χ0) is 16.8. The Balaban J connectivity index is 1.45. The number of hydrogen-bond acceptors (Lipinski definition) is 5. The van der Waals surface area contributed by atoms with Gasteiger partial charge in [-0.3, -0.25) is 4.79 Å². The van der Waals surface area contributed by atoms with Gasteiger partial charge >= 0.3 is 5.97 Å². The molecule has 5 heteroatoms. The summed E-state index contributed by atoms with van der Waals surface area (Å²) < 4.78 is 16.1. The lowest BCUT2D eigenvalue weighted by Gasteiger charge is -2.12. The van der Waals surface area contributed by atoms with E-state index in [2.05, 4.69) is 22.2 Å². The number of hydrogen-bond donors (Lipinski definition) is 1. The molecule has 0 spiro atoms. The molecule has 0 saturated carbocycles. The maximum Gasteiger partial charge on any atom is 0.305 e. The normalized spacial score (nSPS) is 13.0. The van der Waals surface area contributed by atoms with Crippen LogP contribution in [0, 0.1) is 0 Å². The predicted molar refractivity (Wildman–Crippen MR) is 90.0 cm³/mol. The van der Waals surface area contributed by atoms with E-state index in [-0.39, 0.29) is 12.3 Å². The molecule has 1 heterocycles. The summed E-state index contributed by atoms with van der Waals surface area (Å²) >= 11 is 0. The van der Waals surface area contributed by atoms with E-state index in [1.54, 1.807) is 0 Å². The molecular weight excluding hydrogens is 306 g/mol. The van der Waals surface area contributed by atoms with Crippen molar-refractivity contribution in [3.8, 4) is 11.5 Å². The highest BCUT2D eigenvalue weighted by atomic mass is 16.7. The van der Waals surface area contributed by atoms with Gasteiger partial charge in [-0.05, 0) is 29.7 Å². The van der Waals surface area contributed by atoms with E-state index in [4.69, 9.17) is 9.47 Å². The molecule has 1 N–H and O–H groups in total. The van der Waals surface area contributed by atoms with Crippen LogP contribution in [0.15, 0.2) is 48.5 Å². The summed E-state index contributed by atoms with van der Waals surface area (Å²) in [6.07, 6.45) is 0.782. The van der Waals surface area contributed by atoms with E-state index in [9.17, 15) is 4.79 Å². The zero-order valence-corrected chi connectivity index (χ0v) is 13.7. The monoisotopic (exact) mass is 327 g/mol. The molecule has 1 aliphatic heterocycles. The number of para-hydroxylation sites is 2. The quantitative estimate of drug-likeness (QED) is 0.793. The van der Waals surface area contributed by atoms with Gasteiger partial charge in [0.15, 0.2) is 11.5 Å². The van der Waals surface area contributed by atoms with Gasteiger partial charge in [-0.2, -0.15) is 0 Å². The summed E-state index contributed by atoms with van der Waals surface area (Å²) in [5, 5.41) is 3.34. The molecule has 3 rings (SSSR count). The van der Waals surface area contributed by atoms with Gasteiger partial charge in [0.05, 0.1) is 13.7 Å². The molecule has 0 fully saturated rings. The van der Waals surface area contributed by atoms with Crippen LogP contribution in [0.25, 0.3) is 0 Å². The number of esters is 1. The van der Waals surface area contributed by atoms with Crippen LogP contribution in [0.1, 0.15) is 17.5 Å². The Morgan fingerprint density at radius 1 is 1.08 bits per heavy atom. The van der Waals surface area contributed by atoms with Gasteiger partial charge in [0.1, 0.15) is 0 Å². The fourth-order valence-electron chi connectivity index (χ4n) is 2.61. The topological polar surface area (TPSA) is 56.8 Å². The first-order chi connectivity index (χ1) is 11.7. The third-order valence-corrected chi connectivity index (χ3v) is 3.84. The molecule has 0 saturated heterocycles. The minimum Gasteiger partial charge on any atom is -0.469 e. The lowest BCUT2D eigenvalue weighted by atomic mass is 10.1. The van der Waals surface area contributed by atoms with Gasteiger partial charge in [-0.1, -0.05) is 36.4 Å². The maximum atomic E-state index is 11.2. The Labute approximate surface area is 141 Å². The number of ether oxygens (including phenoxy) is 3. The van der Waals surface area contributed by atoms with E-state index in [0.717, 1.165) is 22.6 Å². The molecule has 126 valence electrons. The molecule has 1 aliphatic rings. The summed E-state index contributed by atoms with van der Waals surface area (Å²) in [6, 6.07) is 15.8. The second kappa shape index (κ2) is 7.84. The first kappa shape index (κ1) is 16.3. The molecule has 0 amide bonds. The van der Waals surface area contributed by atoms with Gasteiger partial charge in [0.2, 0.25) is 0 Å². The standard InChI is InChI=1S/C19H21NO4/c1-22-18(21)10-9-14-5-4-6-15(11-14)12-20-13-19-23-16-7-2-3-8-17(16)24-19/h2-8,11,19-20H,9-10,12-13H2,1H3. The molecule has 2 aromatic rings. The SMILES string of the molecule is COC(=O)CCc1cccc(CNCC2Oc3ccccc3O2)c1. The van der Waals surface area contributed by atoms with E-state index in [0.29, 0.717) is 25.9 Å². The Hall–Kier alpha value is -2.53. The minimum absolute atomic E-state index is 0.186. The first-order valence-electron chi connectivity index (χ1n) is 8.02. The highest BCUT2D eigenvalue weighted by molar-refractivity contribution is 5.69. The van der Waals surface area contributed by atoms with Gasteiger partial charge in [-0.15, -0.1) is 0 Å². The zero-order valence-electron chi connectivity index (χ0n) is 13.7. The van der Waals surface area contributed by atoms with E-state index in [1.807, 2.05) is 36.4 Å². The summed E-state index contributed by atoms with van der Waals surface area (Å²) in [5.41, 5.74) is 2.29. The van der Waals surface area contributed by atoms with E-state index < -0.39 is 0 Å². The number of benzene rings is 2. The van der Waals surface area contributed by atoms with Crippen molar-refractivity contribution in [2.24, 2.45) is 0 Å². The second-order valence-electron chi connectivity index (χ2n) is 5.64. The number of fused-ring (bicyclic) bond motifs is 1. The number of carbonyl (C=O) groups is 1. The van der Waals surface area contributed by atoms with E-state index >= 15 is 0 Å². The number of aryl methyl sites for hydroxylation is 1. The fraction of sp³-hybridized carbons (Fsp3) is 0.316. The molecule has 24 heavy (non-hydrogen) atoms. The van der Waals surface area contributed by atoms with Crippen LogP contribution in [0.4, 0.5) is 0 Å². The molecule has 5 nitrogen and oxygen atoms in total. The fourth-order valence-corrected chi connectivity index (χ4v) is 2.61. The molecule has 2 aromatic carbocycles. The van der Waals surface area contributed by atoms with Gasteiger partial charge in [-0.25, -0.2) is 0 Å². The van der Waals surface area contributed by atoms with Crippen molar-refractivity contribution in [2.45, 2.75) is 25.7 Å². The highest BCUT2D eigenvalue weighted by Gasteiger charge is 2.22. The maximum absolute atomic E-state index is 11.2. The Kier molecular flexibility index (Phi) is 5.33. The van der Waals surface area contributed by atoms with Crippen molar-refractivity contribution in [1.29, 1.82) is 0 Å². The van der Waals surface area contributed by atoms with Crippen molar-refractivity contribution >= 4 is 5.97 Å².